The Kier molecular flexibility index (Phi) is 4.06. The second-order valence-electron chi connectivity index (χ2n) is 7.09. The number of hydrogen-bond acceptors (Lipinski definition) is 4. The highest BCUT2D eigenvalue weighted by Crippen LogP contribution is 2.40. The molecule has 0 saturated carbocycles. The lowest BCUT2D eigenvalue weighted by molar-refractivity contribution is -0.116. The summed E-state index contributed by atoms with van der Waals surface area (Å²) in [5, 5.41) is 21.1. The van der Waals surface area contributed by atoms with E-state index in [4.69, 9.17) is 5.11 Å². The molecule has 3 aromatic carbocycles. The van der Waals surface area contributed by atoms with Gasteiger partial charge in [0.2, 0.25) is 5.91 Å². The van der Waals surface area contributed by atoms with Gasteiger partial charge in [-0.2, -0.15) is 4.80 Å². The van der Waals surface area contributed by atoms with Crippen LogP contribution in [0.1, 0.15) is 33.8 Å². The molecule has 4 aromatic rings. The molecule has 7 nitrogen and oxygen atoms in total. The summed E-state index contributed by atoms with van der Waals surface area (Å²) in [6.07, 6.45) is 0.210. The number of nitrogens with one attached hydrogen (secondary N) is 1. The van der Waals surface area contributed by atoms with Crippen molar-refractivity contribution in [3.05, 3.63) is 83.2 Å². The molecule has 2 heterocycles. The lowest BCUT2D eigenvalue weighted by Gasteiger charge is -2.26. The van der Waals surface area contributed by atoms with Crippen LogP contribution < -0.4 is 5.32 Å². The second kappa shape index (κ2) is 6.77. The standard InChI is InChI=1S/C22H15FN4O3/c23-14-5-7-15(8-6-14)27-25-18-10-9-17-20(21(18)26-27)16(11-19(28)24-17)12-1-3-13(4-2-12)22(29)30/h1-10,16H,11H2,(H,24,28)(H,29,30)/t16-/m1/s1. The van der Waals surface area contributed by atoms with Crippen LogP contribution in [0.3, 0.4) is 0 Å². The van der Waals surface area contributed by atoms with Crippen LogP contribution in [-0.2, 0) is 4.79 Å². The molecule has 1 aliphatic rings. The van der Waals surface area contributed by atoms with Gasteiger partial charge in [0.05, 0.1) is 11.3 Å². The molecule has 2 N–H and O–H groups in total. The van der Waals surface area contributed by atoms with Gasteiger partial charge in [0, 0.05) is 23.6 Å². The van der Waals surface area contributed by atoms with E-state index in [1.54, 1.807) is 36.4 Å². The number of aromatic carboxylic acids is 1. The van der Waals surface area contributed by atoms with Gasteiger partial charge in [-0.1, -0.05) is 12.1 Å². The Morgan fingerprint density at radius 3 is 2.47 bits per heavy atom. The number of carboxylic acids is 1. The lowest BCUT2D eigenvalue weighted by atomic mass is 9.84. The van der Waals surface area contributed by atoms with Crippen LogP contribution in [0.2, 0.25) is 0 Å². The maximum Gasteiger partial charge on any atom is 0.335 e. The van der Waals surface area contributed by atoms with Gasteiger partial charge in [-0.15, -0.1) is 10.2 Å². The largest absolute Gasteiger partial charge is 0.478 e. The van der Waals surface area contributed by atoms with Crippen LogP contribution >= 0.6 is 0 Å². The maximum atomic E-state index is 13.3. The molecule has 0 aliphatic carbocycles. The predicted octanol–water partition coefficient (Wildman–Crippen LogP) is 3.73. The summed E-state index contributed by atoms with van der Waals surface area (Å²) in [5.74, 6) is -1.77. The number of fused-ring (bicyclic) bond motifs is 3. The first-order valence-corrected chi connectivity index (χ1v) is 9.28. The molecule has 1 aliphatic heterocycles. The molecule has 0 unspecified atom stereocenters. The van der Waals surface area contributed by atoms with Crippen molar-refractivity contribution in [1.82, 2.24) is 15.0 Å². The molecule has 1 aromatic heterocycles. The molecule has 1 amide bonds. The molecule has 30 heavy (non-hydrogen) atoms. The van der Waals surface area contributed by atoms with Crippen molar-refractivity contribution >= 4 is 28.6 Å². The van der Waals surface area contributed by atoms with Crippen molar-refractivity contribution in [2.45, 2.75) is 12.3 Å². The van der Waals surface area contributed by atoms with Gasteiger partial charge in [0.25, 0.3) is 0 Å². The normalized spacial score (nSPS) is 15.6. The lowest BCUT2D eigenvalue weighted by Crippen LogP contribution is -2.23. The summed E-state index contributed by atoms with van der Waals surface area (Å²) < 4.78 is 13.3. The van der Waals surface area contributed by atoms with Gasteiger partial charge in [0.15, 0.2) is 0 Å². The minimum Gasteiger partial charge on any atom is -0.478 e. The number of anilines is 1. The Labute approximate surface area is 169 Å². The number of halogens is 1. The van der Waals surface area contributed by atoms with E-state index in [0.717, 1.165) is 11.1 Å². The Bertz CT molecular complexity index is 1300. The first-order chi connectivity index (χ1) is 14.5. The third-order valence-corrected chi connectivity index (χ3v) is 5.22. The van der Waals surface area contributed by atoms with Gasteiger partial charge >= 0.3 is 5.97 Å². The van der Waals surface area contributed by atoms with E-state index in [-0.39, 0.29) is 29.6 Å². The fraction of sp³-hybridized carbons (Fsp3) is 0.0909. The summed E-state index contributed by atoms with van der Waals surface area (Å²) in [6.45, 7) is 0. The first-order valence-electron chi connectivity index (χ1n) is 9.28. The molecule has 0 spiro atoms. The van der Waals surface area contributed by atoms with E-state index in [9.17, 15) is 14.0 Å². The van der Waals surface area contributed by atoms with Crippen LogP contribution in [0.15, 0.2) is 60.7 Å². The zero-order valence-electron chi connectivity index (χ0n) is 15.5. The van der Waals surface area contributed by atoms with Crippen molar-refractivity contribution < 1.29 is 19.1 Å². The SMILES string of the molecule is O=C1C[C@H](c2ccc(C(=O)O)cc2)c2c(ccc3nn(-c4ccc(F)cc4)nc23)N1. The van der Waals surface area contributed by atoms with Crippen molar-refractivity contribution in [3.63, 3.8) is 0 Å². The predicted molar refractivity (Wildman–Crippen MR) is 107 cm³/mol. The van der Waals surface area contributed by atoms with Gasteiger partial charge in [-0.3, -0.25) is 4.79 Å². The Hall–Kier alpha value is -4.07. The van der Waals surface area contributed by atoms with Crippen LogP contribution in [0, 0.1) is 5.82 Å². The van der Waals surface area contributed by atoms with Crippen LogP contribution in [0.25, 0.3) is 16.7 Å². The summed E-state index contributed by atoms with van der Waals surface area (Å²) >= 11 is 0. The summed E-state index contributed by atoms with van der Waals surface area (Å²) in [7, 11) is 0. The monoisotopic (exact) mass is 402 g/mol. The average molecular weight is 402 g/mol. The zero-order valence-corrected chi connectivity index (χ0v) is 15.5. The molecule has 5 rings (SSSR count). The van der Waals surface area contributed by atoms with Crippen LogP contribution in [-0.4, -0.2) is 32.0 Å². The Balaban J connectivity index is 1.66. The molecular weight excluding hydrogens is 387 g/mol. The smallest absolute Gasteiger partial charge is 0.335 e. The van der Waals surface area contributed by atoms with Crippen molar-refractivity contribution in [1.29, 1.82) is 0 Å². The molecular formula is C22H15FN4O3. The highest BCUT2D eigenvalue weighted by atomic mass is 19.1. The Morgan fingerprint density at radius 1 is 1.03 bits per heavy atom. The second-order valence-corrected chi connectivity index (χ2v) is 7.09. The topological polar surface area (TPSA) is 97.1 Å². The molecule has 0 fully saturated rings. The number of benzene rings is 3. The molecule has 148 valence electrons. The molecule has 1 atom stereocenters. The number of hydrogen-bond donors (Lipinski definition) is 2. The van der Waals surface area contributed by atoms with E-state index in [1.807, 2.05) is 0 Å². The molecule has 0 saturated heterocycles. The van der Waals surface area contributed by atoms with Gasteiger partial charge in [-0.05, 0) is 54.1 Å². The van der Waals surface area contributed by atoms with Gasteiger partial charge in [-0.25, -0.2) is 9.18 Å². The fourth-order valence-electron chi connectivity index (χ4n) is 3.78. The third-order valence-electron chi connectivity index (χ3n) is 5.22. The summed E-state index contributed by atoms with van der Waals surface area (Å²) in [5.41, 5.74) is 4.36. The highest BCUT2D eigenvalue weighted by Gasteiger charge is 2.30. The number of nitrogens with zero attached hydrogens (tertiary/aromatic N) is 3. The number of rotatable bonds is 3. The summed E-state index contributed by atoms with van der Waals surface area (Å²) in [6, 6.07) is 15.9. The van der Waals surface area contributed by atoms with E-state index in [1.165, 1.54) is 29.1 Å². The van der Waals surface area contributed by atoms with E-state index >= 15 is 0 Å². The highest BCUT2D eigenvalue weighted by molar-refractivity contribution is 6.00. The minimum atomic E-state index is -1.01. The molecule has 0 bridgehead atoms. The minimum absolute atomic E-state index is 0.125. The number of carbonyl (C=O) groups excluding carboxylic acids is 1. The summed E-state index contributed by atoms with van der Waals surface area (Å²) in [4.78, 5) is 24.9. The van der Waals surface area contributed by atoms with E-state index in [2.05, 4.69) is 15.5 Å². The van der Waals surface area contributed by atoms with Gasteiger partial charge in [0.1, 0.15) is 16.9 Å². The van der Waals surface area contributed by atoms with Crippen molar-refractivity contribution in [2.24, 2.45) is 0 Å². The zero-order chi connectivity index (χ0) is 20.8. The first kappa shape index (κ1) is 18.0. The van der Waals surface area contributed by atoms with Crippen molar-refractivity contribution in [3.8, 4) is 5.69 Å². The van der Waals surface area contributed by atoms with E-state index < -0.39 is 5.97 Å². The van der Waals surface area contributed by atoms with E-state index in [0.29, 0.717) is 22.4 Å². The molecule has 8 heteroatoms. The number of amides is 1. The number of carbonyl (C=O) groups is 2. The maximum absolute atomic E-state index is 13.3. The third kappa shape index (κ3) is 2.98. The fourth-order valence-corrected chi connectivity index (χ4v) is 3.78. The van der Waals surface area contributed by atoms with Crippen LogP contribution in [0.5, 0.6) is 0 Å². The average Bonchev–Trinajstić information content (AvgIpc) is 3.18. The van der Waals surface area contributed by atoms with Crippen LogP contribution in [0.4, 0.5) is 10.1 Å². The van der Waals surface area contributed by atoms with Crippen molar-refractivity contribution in [2.75, 3.05) is 5.32 Å². The quantitative estimate of drug-likeness (QED) is 0.544. The number of aromatic nitrogens is 3. The number of carboxylic acid groups (broad SMARTS) is 1. The molecule has 0 radical (unpaired) electrons. The van der Waals surface area contributed by atoms with Gasteiger partial charge < -0.3 is 10.4 Å². The Morgan fingerprint density at radius 2 is 1.77 bits per heavy atom.